The molecule has 0 aliphatic rings. The van der Waals surface area contributed by atoms with Crippen molar-refractivity contribution < 1.29 is 5.11 Å². The van der Waals surface area contributed by atoms with Crippen molar-refractivity contribution in [3.8, 4) is 0 Å². The van der Waals surface area contributed by atoms with Gasteiger partial charge in [0, 0.05) is 5.88 Å². The number of hydrogen-bond donors (Lipinski definition) is 1. The molecular formula is C10H13ClO. The highest BCUT2D eigenvalue weighted by Gasteiger charge is 2.01. The molecule has 0 saturated heterocycles. The van der Waals surface area contributed by atoms with E-state index in [0.29, 0.717) is 5.88 Å². The molecule has 0 heterocycles. The van der Waals surface area contributed by atoms with Gasteiger partial charge in [-0.1, -0.05) is 30.3 Å². The standard InChI is InChI=1S/C10H13ClO/c11-8-10(12)7-6-9-4-2-1-3-5-9/h1-5,10,12H,6-8H2/t10-/m1/s1. The first-order valence-electron chi connectivity index (χ1n) is 4.11. The first-order valence-corrected chi connectivity index (χ1v) is 4.64. The van der Waals surface area contributed by atoms with Gasteiger partial charge in [-0.05, 0) is 18.4 Å². The van der Waals surface area contributed by atoms with Crippen LogP contribution >= 0.6 is 11.6 Å². The summed E-state index contributed by atoms with van der Waals surface area (Å²) in [5.41, 5.74) is 1.25. The molecule has 0 aliphatic carbocycles. The fraction of sp³-hybridized carbons (Fsp3) is 0.400. The summed E-state index contributed by atoms with van der Waals surface area (Å²) in [5.74, 6) is 0.326. The second-order valence-corrected chi connectivity index (χ2v) is 3.14. The Balaban J connectivity index is 2.33. The van der Waals surface area contributed by atoms with Gasteiger partial charge in [0.15, 0.2) is 0 Å². The average Bonchev–Trinajstić information content (AvgIpc) is 2.16. The highest BCUT2D eigenvalue weighted by Crippen LogP contribution is 2.05. The quantitative estimate of drug-likeness (QED) is 0.712. The van der Waals surface area contributed by atoms with E-state index in [2.05, 4.69) is 12.1 Å². The van der Waals surface area contributed by atoms with Gasteiger partial charge in [0.05, 0.1) is 6.10 Å². The molecule has 1 atom stereocenters. The summed E-state index contributed by atoms with van der Waals surface area (Å²) in [5, 5.41) is 9.19. The van der Waals surface area contributed by atoms with Crippen LogP contribution in [-0.2, 0) is 6.42 Å². The minimum atomic E-state index is -0.369. The Hall–Kier alpha value is -0.530. The van der Waals surface area contributed by atoms with Crippen LogP contribution in [0.15, 0.2) is 30.3 Å². The number of alkyl halides is 1. The maximum absolute atomic E-state index is 9.19. The van der Waals surface area contributed by atoms with Crippen molar-refractivity contribution in [2.24, 2.45) is 0 Å². The van der Waals surface area contributed by atoms with Crippen molar-refractivity contribution in [3.05, 3.63) is 35.9 Å². The minimum Gasteiger partial charge on any atom is -0.392 e. The second-order valence-electron chi connectivity index (χ2n) is 2.83. The normalized spacial score (nSPS) is 12.8. The number of aryl methyl sites for hydroxylation is 1. The van der Waals surface area contributed by atoms with Crippen molar-refractivity contribution in [2.45, 2.75) is 18.9 Å². The Kier molecular flexibility index (Phi) is 4.12. The van der Waals surface area contributed by atoms with Crippen molar-refractivity contribution >= 4 is 11.6 Å². The van der Waals surface area contributed by atoms with Crippen LogP contribution in [0, 0.1) is 0 Å². The van der Waals surface area contributed by atoms with E-state index >= 15 is 0 Å². The fourth-order valence-corrected chi connectivity index (χ4v) is 1.21. The molecule has 0 amide bonds. The van der Waals surface area contributed by atoms with Gasteiger partial charge < -0.3 is 5.11 Å². The molecule has 1 nitrogen and oxygen atoms in total. The third-order valence-corrected chi connectivity index (χ3v) is 2.14. The van der Waals surface area contributed by atoms with E-state index < -0.39 is 0 Å². The molecule has 1 rings (SSSR count). The van der Waals surface area contributed by atoms with E-state index in [-0.39, 0.29) is 6.10 Å². The van der Waals surface area contributed by atoms with Gasteiger partial charge in [-0.2, -0.15) is 0 Å². The number of aliphatic hydroxyl groups excluding tert-OH is 1. The van der Waals surface area contributed by atoms with Crippen LogP contribution in [0.25, 0.3) is 0 Å². The molecule has 1 aromatic rings. The zero-order valence-electron chi connectivity index (χ0n) is 6.91. The Morgan fingerprint density at radius 1 is 1.25 bits per heavy atom. The van der Waals surface area contributed by atoms with Crippen LogP contribution in [0.2, 0.25) is 0 Å². The van der Waals surface area contributed by atoms with Crippen LogP contribution in [-0.4, -0.2) is 17.1 Å². The van der Waals surface area contributed by atoms with Gasteiger partial charge in [0.25, 0.3) is 0 Å². The Bertz CT molecular complexity index is 210. The lowest BCUT2D eigenvalue weighted by Gasteiger charge is -2.05. The van der Waals surface area contributed by atoms with E-state index in [4.69, 9.17) is 11.6 Å². The Labute approximate surface area is 78.0 Å². The summed E-state index contributed by atoms with van der Waals surface area (Å²) < 4.78 is 0. The molecule has 1 aromatic carbocycles. The maximum atomic E-state index is 9.19. The summed E-state index contributed by atoms with van der Waals surface area (Å²) in [6, 6.07) is 10.1. The largest absolute Gasteiger partial charge is 0.392 e. The Morgan fingerprint density at radius 3 is 2.50 bits per heavy atom. The molecule has 66 valence electrons. The molecule has 0 aliphatic heterocycles. The van der Waals surface area contributed by atoms with E-state index in [1.165, 1.54) is 5.56 Å². The first kappa shape index (κ1) is 9.56. The molecule has 12 heavy (non-hydrogen) atoms. The SMILES string of the molecule is O[C@@H](CCl)CCc1ccccc1. The number of hydrogen-bond acceptors (Lipinski definition) is 1. The summed E-state index contributed by atoms with van der Waals surface area (Å²) >= 11 is 5.47. The highest BCUT2D eigenvalue weighted by molar-refractivity contribution is 6.18. The molecule has 0 radical (unpaired) electrons. The zero-order chi connectivity index (χ0) is 8.81. The molecule has 1 N–H and O–H groups in total. The molecule has 2 heteroatoms. The van der Waals surface area contributed by atoms with Gasteiger partial charge in [-0.25, -0.2) is 0 Å². The maximum Gasteiger partial charge on any atom is 0.0678 e. The van der Waals surface area contributed by atoms with E-state index in [9.17, 15) is 5.11 Å². The number of rotatable bonds is 4. The van der Waals surface area contributed by atoms with E-state index in [1.807, 2.05) is 18.2 Å². The topological polar surface area (TPSA) is 20.2 Å². The summed E-state index contributed by atoms with van der Waals surface area (Å²) in [4.78, 5) is 0. The smallest absolute Gasteiger partial charge is 0.0678 e. The average molecular weight is 185 g/mol. The molecular weight excluding hydrogens is 172 g/mol. The molecule has 0 bridgehead atoms. The first-order chi connectivity index (χ1) is 5.83. The predicted octanol–water partition coefficient (Wildman–Crippen LogP) is 2.22. The minimum absolute atomic E-state index is 0.326. The predicted molar refractivity (Wildman–Crippen MR) is 51.5 cm³/mol. The van der Waals surface area contributed by atoms with Crippen molar-refractivity contribution in [1.82, 2.24) is 0 Å². The van der Waals surface area contributed by atoms with Crippen LogP contribution < -0.4 is 0 Å². The van der Waals surface area contributed by atoms with Crippen molar-refractivity contribution in [2.75, 3.05) is 5.88 Å². The number of halogens is 1. The molecule has 0 saturated carbocycles. The monoisotopic (exact) mass is 184 g/mol. The second kappa shape index (κ2) is 5.18. The molecule has 0 unspecified atom stereocenters. The molecule has 0 fully saturated rings. The highest BCUT2D eigenvalue weighted by atomic mass is 35.5. The lowest BCUT2D eigenvalue weighted by Crippen LogP contribution is -2.08. The third kappa shape index (κ3) is 3.24. The summed E-state index contributed by atoms with van der Waals surface area (Å²) in [6.45, 7) is 0. The molecule has 0 aromatic heterocycles. The van der Waals surface area contributed by atoms with Crippen molar-refractivity contribution in [3.63, 3.8) is 0 Å². The van der Waals surface area contributed by atoms with Gasteiger partial charge in [-0.3, -0.25) is 0 Å². The lowest BCUT2D eigenvalue weighted by atomic mass is 10.1. The van der Waals surface area contributed by atoms with E-state index in [1.54, 1.807) is 0 Å². The summed E-state index contributed by atoms with van der Waals surface area (Å²) in [7, 11) is 0. The van der Waals surface area contributed by atoms with Crippen LogP contribution in [0.5, 0.6) is 0 Å². The third-order valence-electron chi connectivity index (χ3n) is 1.79. The molecule has 0 spiro atoms. The fourth-order valence-electron chi connectivity index (χ4n) is 1.06. The van der Waals surface area contributed by atoms with E-state index in [0.717, 1.165) is 12.8 Å². The van der Waals surface area contributed by atoms with Gasteiger partial charge in [0.1, 0.15) is 0 Å². The number of aliphatic hydroxyl groups is 1. The number of benzene rings is 1. The van der Waals surface area contributed by atoms with Gasteiger partial charge in [0.2, 0.25) is 0 Å². The van der Waals surface area contributed by atoms with Crippen LogP contribution in [0.1, 0.15) is 12.0 Å². The van der Waals surface area contributed by atoms with Crippen LogP contribution in [0.3, 0.4) is 0 Å². The van der Waals surface area contributed by atoms with Gasteiger partial charge >= 0.3 is 0 Å². The van der Waals surface area contributed by atoms with Crippen LogP contribution in [0.4, 0.5) is 0 Å². The summed E-state index contributed by atoms with van der Waals surface area (Å²) in [6.07, 6.45) is 1.27. The Morgan fingerprint density at radius 2 is 1.92 bits per heavy atom. The van der Waals surface area contributed by atoms with Crippen molar-refractivity contribution in [1.29, 1.82) is 0 Å². The van der Waals surface area contributed by atoms with Gasteiger partial charge in [-0.15, -0.1) is 11.6 Å². The lowest BCUT2D eigenvalue weighted by molar-refractivity contribution is 0.188. The zero-order valence-corrected chi connectivity index (χ0v) is 7.67.